The van der Waals surface area contributed by atoms with Gasteiger partial charge in [0, 0.05) is 19.3 Å². The zero-order chi connectivity index (χ0) is 11.4. The molecule has 2 atom stereocenters. The van der Waals surface area contributed by atoms with Crippen molar-refractivity contribution in [2.75, 3.05) is 6.54 Å². The van der Waals surface area contributed by atoms with Crippen molar-refractivity contribution in [1.29, 1.82) is 0 Å². The minimum absolute atomic E-state index is 0.222. The normalized spacial score (nSPS) is 23.2. The molecule has 0 radical (unpaired) electrons. The van der Waals surface area contributed by atoms with Gasteiger partial charge in [-0.25, -0.2) is 0 Å². The molecule has 0 bridgehead atoms. The van der Waals surface area contributed by atoms with Crippen LogP contribution in [0.5, 0.6) is 0 Å². The highest BCUT2D eigenvalue weighted by Gasteiger charge is 2.20. The lowest BCUT2D eigenvalue weighted by molar-refractivity contribution is 0.105. The molecule has 0 amide bonds. The van der Waals surface area contributed by atoms with E-state index in [1.165, 1.54) is 18.4 Å². The highest BCUT2D eigenvalue weighted by atomic mass is 16.3. The van der Waals surface area contributed by atoms with E-state index < -0.39 is 0 Å². The van der Waals surface area contributed by atoms with Gasteiger partial charge in [-0.1, -0.05) is 6.42 Å². The van der Waals surface area contributed by atoms with Gasteiger partial charge in [0.15, 0.2) is 0 Å². The van der Waals surface area contributed by atoms with Crippen molar-refractivity contribution in [3.8, 4) is 0 Å². The predicted molar refractivity (Wildman–Crippen MR) is 63.2 cm³/mol. The molecule has 2 unspecified atom stereocenters. The molecule has 90 valence electrons. The number of hydrogen-bond acceptors (Lipinski definition) is 3. The summed E-state index contributed by atoms with van der Waals surface area (Å²) in [6, 6.07) is 0.297. The summed E-state index contributed by atoms with van der Waals surface area (Å²) in [4.78, 5) is 0. The quantitative estimate of drug-likeness (QED) is 0.796. The lowest BCUT2D eigenvalue weighted by Crippen LogP contribution is -2.43. The fourth-order valence-electron chi connectivity index (χ4n) is 2.32. The van der Waals surface area contributed by atoms with Crippen LogP contribution in [-0.4, -0.2) is 33.6 Å². The molecule has 1 aliphatic heterocycles. The smallest absolute Gasteiger partial charge is 0.0696 e. The Morgan fingerprint density at radius 3 is 3.12 bits per heavy atom. The summed E-state index contributed by atoms with van der Waals surface area (Å²) in [5.41, 5.74) is 1.21. The van der Waals surface area contributed by atoms with Crippen LogP contribution in [0, 0.1) is 0 Å². The Morgan fingerprint density at radius 1 is 1.62 bits per heavy atom. The van der Waals surface area contributed by atoms with Crippen LogP contribution < -0.4 is 5.32 Å². The summed E-state index contributed by atoms with van der Waals surface area (Å²) in [7, 11) is 1.92. The molecule has 2 rings (SSSR count). The van der Waals surface area contributed by atoms with Crippen molar-refractivity contribution in [2.45, 2.75) is 44.2 Å². The van der Waals surface area contributed by atoms with E-state index in [4.69, 9.17) is 0 Å². The molecule has 16 heavy (non-hydrogen) atoms. The van der Waals surface area contributed by atoms with Crippen molar-refractivity contribution in [1.82, 2.24) is 15.1 Å². The van der Waals surface area contributed by atoms with E-state index in [2.05, 4.69) is 10.4 Å². The summed E-state index contributed by atoms with van der Waals surface area (Å²) in [6.45, 7) is 1.05. The summed E-state index contributed by atoms with van der Waals surface area (Å²) < 4.78 is 1.81. The van der Waals surface area contributed by atoms with Crippen LogP contribution in [0.15, 0.2) is 12.4 Å². The van der Waals surface area contributed by atoms with Crippen LogP contribution in [0.1, 0.15) is 31.2 Å². The van der Waals surface area contributed by atoms with E-state index >= 15 is 0 Å². The summed E-state index contributed by atoms with van der Waals surface area (Å²) in [6.07, 6.45) is 8.99. The molecule has 1 aromatic heterocycles. The van der Waals surface area contributed by atoms with Crippen LogP contribution in [0.4, 0.5) is 0 Å². The molecule has 4 nitrogen and oxygen atoms in total. The van der Waals surface area contributed by atoms with Gasteiger partial charge in [-0.05, 0) is 37.8 Å². The fourth-order valence-corrected chi connectivity index (χ4v) is 2.32. The largest absolute Gasteiger partial charge is 0.391 e. The van der Waals surface area contributed by atoms with E-state index in [1.807, 2.05) is 19.4 Å². The first kappa shape index (κ1) is 11.6. The van der Waals surface area contributed by atoms with Gasteiger partial charge in [0.05, 0.1) is 12.3 Å². The number of nitrogens with one attached hydrogen (secondary N) is 1. The zero-order valence-electron chi connectivity index (χ0n) is 9.89. The first-order valence-electron chi connectivity index (χ1n) is 6.14. The van der Waals surface area contributed by atoms with E-state index in [1.54, 1.807) is 4.68 Å². The highest BCUT2D eigenvalue weighted by Crippen LogP contribution is 2.14. The third kappa shape index (κ3) is 3.06. The molecule has 0 aromatic carbocycles. The number of hydrogen-bond donors (Lipinski definition) is 2. The third-order valence-corrected chi connectivity index (χ3v) is 3.30. The van der Waals surface area contributed by atoms with Gasteiger partial charge in [-0.2, -0.15) is 5.10 Å². The van der Waals surface area contributed by atoms with Crippen molar-refractivity contribution >= 4 is 0 Å². The monoisotopic (exact) mass is 223 g/mol. The Labute approximate surface area is 96.7 Å². The maximum Gasteiger partial charge on any atom is 0.0696 e. The molecule has 2 N–H and O–H groups in total. The molecule has 0 aliphatic carbocycles. The second-order valence-corrected chi connectivity index (χ2v) is 4.68. The fraction of sp³-hybridized carbons (Fsp3) is 0.750. The van der Waals surface area contributed by atoms with Crippen LogP contribution in [0.3, 0.4) is 0 Å². The van der Waals surface area contributed by atoms with E-state index in [0.717, 1.165) is 25.8 Å². The van der Waals surface area contributed by atoms with Crippen molar-refractivity contribution in [3.05, 3.63) is 18.0 Å². The van der Waals surface area contributed by atoms with Gasteiger partial charge in [-0.3, -0.25) is 4.68 Å². The number of aliphatic hydroxyl groups excluding tert-OH is 1. The van der Waals surface area contributed by atoms with E-state index in [9.17, 15) is 5.11 Å². The van der Waals surface area contributed by atoms with E-state index in [0.29, 0.717) is 6.04 Å². The van der Waals surface area contributed by atoms with Crippen molar-refractivity contribution < 1.29 is 5.11 Å². The standard InChI is InChI=1S/C12H21N3O/c1-15-9-10(8-14-15)5-6-12(16)11-4-2-3-7-13-11/h8-9,11-13,16H,2-7H2,1H3. The number of rotatable bonds is 4. The summed E-state index contributed by atoms with van der Waals surface area (Å²) in [5, 5.41) is 17.6. The number of aliphatic hydroxyl groups is 1. The van der Waals surface area contributed by atoms with Gasteiger partial charge in [0.25, 0.3) is 0 Å². The van der Waals surface area contributed by atoms with Crippen LogP contribution >= 0.6 is 0 Å². The van der Waals surface area contributed by atoms with Crippen molar-refractivity contribution in [3.63, 3.8) is 0 Å². The maximum atomic E-state index is 10.1. The minimum atomic E-state index is -0.222. The highest BCUT2D eigenvalue weighted by molar-refractivity contribution is 5.04. The molecule has 0 saturated carbocycles. The van der Waals surface area contributed by atoms with Gasteiger partial charge < -0.3 is 10.4 Å². The van der Waals surface area contributed by atoms with E-state index in [-0.39, 0.29) is 6.10 Å². The van der Waals surface area contributed by atoms with Crippen LogP contribution in [0.2, 0.25) is 0 Å². The molecule has 2 heterocycles. The minimum Gasteiger partial charge on any atom is -0.391 e. The lowest BCUT2D eigenvalue weighted by atomic mass is 9.96. The molecule has 1 saturated heterocycles. The number of piperidine rings is 1. The Balaban J connectivity index is 1.76. The number of aryl methyl sites for hydroxylation is 2. The summed E-state index contributed by atoms with van der Waals surface area (Å²) in [5.74, 6) is 0. The summed E-state index contributed by atoms with van der Waals surface area (Å²) >= 11 is 0. The average Bonchev–Trinajstić information content (AvgIpc) is 2.73. The van der Waals surface area contributed by atoms with Crippen molar-refractivity contribution in [2.24, 2.45) is 7.05 Å². The first-order valence-corrected chi connectivity index (χ1v) is 6.14. The average molecular weight is 223 g/mol. The predicted octanol–water partition coefficient (Wildman–Crippen LogP) is 0.856. The first-order chi connectivity index (χ1) is 7.75. The third-order valence-electron chi connectivity index (χ3n) is 3.30. The molecule has 0 spiro atoms. The molecular formula is C12H21N3O. The number of aromatic nitrogens is 2. The molecule has 1 aliphatic rings. The second kappa shape index (κ2) is 5.46. The Bertz CT molecular complexity index is 318. The van der Waals surface area contributed by atoms with Gasteiger partial charge in [0.2, 0.25) is 0 Å². The van der Waals surface area contributed by atoms with Crippen LogP contribution in [0.25, 0.3) is 0 Å². The Kier molecular flexibility index (Phi) is 3.96. The van der Waals surface area contributed by atoms with Crippen LogP contribution in [-0.2, 0) is 13.5 Å². The lowest BCUT2D eigenvalue weighted by Gasteiger charge is -2.27. The SMILES string of the molecule is Cn1cc(CCC(O)C2CCCCN2)cn1. The van der Waals surface area contributed by atoms with Gasteiger partial charge in [0.1, 0.15) is 0 Å². The van der Waals surface area contributed by atoms with Gasteiger partial charge in [-0.15, -0.1) is 0 Å². The Morgan fingerprint density at radius 2 is 2.50 bits per heavy atom. The maximum absolute atomic E-state index is 10.1. The molecule has 4 heteroatoms. The molecular weight excluding hydrogens is 202 g/mol. The zero-order valence-corrected chi connectivity index (χ0v) is 9.89. The molecule has 1 aromatic rings. The topological polar surface area (TPSA) is 50.1 Å². The number of nitrogens with zero attached hydrogens (tertiary/aromatic N) is 2. The molecule has 1 fully saturated rings. The second-order valence-electron chi connectivity index (χ2n) is 4.68. The Hall–Kier alpha value is -0.870. The van der Waals surface area contributed by atoms with Gasteiger partial charge >= 0.3 is 0 Å².